The van der Waals surface area contributed by atoms with Crippen LogP contribution in [-0.2, 0) is 4.79 Å². The molecule has 2 heterocycles. The zero-order chi connectivity index (χ0) is 13.7. The van der Waals surface area contributed by atoms with E-state index in [0.717, 1.165) is 25.8 Å². The van der Waals surface area contributed by atoms with Gasteiger partial charge in [-0.05, 0) is 32.4 Å². The Morgan fingerprint density at radius 2 is 2.37 bits per heavy atom. The number of nitrogens with zero attached hydrogens (tertiary/aromatic N) is 3. The lowest BCUT2D eigenvalue weighted by Crippen LogP contribution is -2.44. The van der Waals surface area contributed by atoms with E-state index in [4.69, 9.17) is 10.2 Å². The van der Waals surface area contributed by atoms with Crippen molar-refractivity contribution in [3.05, 3.63) is 5.89 Å². The van der Waals surface area contributed by atoms with Crippen LogP contribution in [0.4, 0.5) is 6.01 Å². The summed E-state index contributed by atoms with van der Waals surface area (Å²) in [6.07, 6.45) is 4.40. The van der Waals surface area contributed by atoms with Gasteiger partial charge in [0.05, 0.1) is 6.54 Å². The van der Waals surface area contributed by atoms with Crippen LogP contribution in [0, 0.1) is 6.92 Å². The normalized spacial score (nSPS) is 20.4. The maximum absolute atomic E-state index is 11.9. The summed E-state index contributed by atoms with van der Waals surface area (Å²) in [5.41, 5.74) is 5.62. The van der Waals surface area contributed by atoms with Crippen LogP contribution in [-0.4, -0.2) is 46.7 Å². The number of hydrogen-bond donors (Lipinski definition) is 2. The van der Waals surface area contributed by atoms with Gasteiger partial charge < -0.3 is 10.2 Å². The van der Waals surface area contributed by atoms with Crippen LogP contribution in [0.1, 0.15) is 31.6 Å². The summed E-state index contributed by atoms with van der Waals surface area (Å²) >= 11 is 0. The van der Waals surface area contributed by atoms with Crippen molar-refractivity contribution in [3.8, 4) is 0 Å². The monoisotopic (exact) mass is 267 g/mol. The summed E-state index contributed by atoms with van der Waals surface area (Å²) in [5, 5.41) is 10.0. The molecular formula is C12H21N5O2. The standard InChI is InChI=1S/C12H21N5O2/c1-9-15-16-12(19-9)14-11(18)8-17-7-3-2-4-10(17)5-6-13/h10H,2-8,13H2,1H3,(H,14,16,18). The van der Waals surface area contributed by atoms with Crippen LogP contribution in [0.3, 0.4) is 0 Å². The minimum Gasteiger partial charge on any atom is -0.408 e. The second-order valence-electron chi connectivity index (χ2n) is 4.87. The number of nitrogens with two attached hydrogens (primary N) is 1. The van der Waals surface area contributed by atoms with Crippen LogP contribution in [0.2, 0.25) is 0 Å². The lowest BCUT2D eigenvalue weighted by molar-refractivity contribution is -0.118. The van der Waals surface area contributed by atoms with E-state index in [1.165, 1.54) is 6.42 Å². The van der Waals surface area contributed by atoms with Gasteiger partial charge in [-0.3, -0.25) is 15.0 Å². The number of piperidine rings is 1. The van der Waals surface area contributed by atoms with E-state index in [0.29, 0.717) is 25.0 Å². The average Bonchev–Trinajstić information content (AvgIpc) is 2.77. The summed E-state index contributed by atoms with van der Waals surface area (Å²) in [5.74, 6) is 0.321. The Kier molecular flexibility index (Phi) is 4.86. The Labute approximate surface area is 112 Å². The quantitative estimate of drug-likeness (QED) is 0.807. The first-order valence-corrected chi connectivity index (χ1v) is 6.73. The maximum atomic E-state index is 11.9. The summed E-state index contributed by atoms with van der Waals surface area (Å²) < 4.78 is 5.12. The van der Waals surface area contributed by atoms with E-state index in [9.17, 15) is 4.79 Å². The number of amides is 1. The molecular weight excluding hydrogens is 246 g/mol. The lowest BCUT2D eigenvalue weighted by Gasteiger charge is -2.34. The second-order valence-corrected chi connectivity index (χ2v) is 4.87. The number of likely N-dealkylation sites (tertiary alicyclic amines) is 1. The number of carbonyl (C=O) groups is 1. The third-order valence-electron chi connectivity index (χ3n) is 3.37. The fourth-order valence-corrected chi connectivity index (χ4v) is 2.48. The summed E-state index contributed by atoms with van der Waals surface area (Å²) in [6, 6.07) is 0.573. The highest BCUT2D eigenvalue weighted by atomic mass is 16.4. The van der Waals surface area contributed by atoms with Crippen molar-refractivity contribution < 1.29 is 9.21 Å². The molecule has 0 aliphatic carbocycles. The number of anilines is 1. The van der Waals surface area contributed by atoms with E-state index in [-0.39, 0.29) is 11.9 Å². The van der Waals surface area contributed by atoms with Crippen molar-refractivity contribution in [2.45, 2.75) is 38.6 Å². The van der Waals surface area contributed by atoms with Crippen LogP contribution < -0.4 is 11.1 Å². The third kappa shape index (κ3) is 4.00. The first kappa shape index (κ1) is 14.0. The van der Waals surface area contributed by atoms with Crippen molar-refractivity contribution in [2.75, 3.05) is 25.0 Å². The molecule has 0 spiro atoms. The fourth-order valence-electron chi connectivity index (χ4n) is 2.48. The SMILES string of the molecule is Cc1nnc(NC(=O)CN2CCCCC2CCN)o1. The van der Waals surface area contributed by atoms with E-state index in [2.05, 4.69) is 20.4 Å². The first-order valence-electron chi connectivity index (χ1n) is 6.73. The molecule has 0 radical (unpaired) electrons. The summed E-state index contributed by atoms with van der Waals surface area (Å²) in [7, 11) is 0. The van der Waals surface area contributed by atoms with Crippen molar-refractivity contribution in [1.29, 1.82) is 0 Å². The van der Waals surface area contributed by atoms with E-state index in [1.807, 2.05) is 0 Å². The van der Waals surface area contributed by atoms with Crippen molar-refractivity contribution >= 4 is 11.9 Å². The van der Waals surface area contributed by atoms with Gasteiger partial charge in [0.25, 0.3) is 0 Å². The zero-order valence-corrected chi connectivity index (χ0v) is 11.3. The zero-order valence-electron chi connectivity index (χ0n) is 11.3. The fraction of sp³-hybridized carbons (Fsp3) is 0.750. The van der Waals surface area contributed by atoms with Crippen LogP contribution >= 0.6 is 0 Å². The molecule has 1 aliphatic rings. The number of hydrogen-bond acceptors (Lipinski definition) is 6. The minimum absolute atomic E-state index is 0.118. The van der Waals surface area contributed by atoms with Crippen LogP contribution in [0.5, 0.6) is 0 Å². The smallest absolute Gasteiger partial charge is 0.322 e. The Morgan fingerprint density at radius 1 is 1.53 bits per heavy atom. The van der Waals surface area contributed by atoms with Gasteiger partial charge in [-0.1, -0.05) is 11.5 Å². The van der Waals surface area contributed by atoms with E-state index >= 15 is 0 Å². The summed E-state index contributed by atoms with van der Waals surface area (Å²) in [4.78, 5) is 14.1. The molecule has 106 valence electrons. The molecule has 1 unspecified atom stereocenters. The summed E-state index contributed by atoms with van der Waals surface area (Å²) in [6.45, 7) is 3.64. The molecule has 0 aromatic carbocycles. The molecule has 1 saturated heterocycles. The highest BCUT2D eigenvalue weighted by molar-refractivity contribution is 5.90. The van der Waals surface area contributed by atoms with Crippen LogP contribution in [0.15, 0.2) is 4.42 Å². The molecule has 0 saturated carbocycles. The molecule has 1 amide bonds. The number of aryl methyl sites for hydroxylation is 1. The van der Waals surface area contributed by atoms with Gasteiger partial charge in [0.1, 0.15) is 0 Å². The molecule has 1 fully saturated rings. The predicted octanol–water partition coefficient (Wildman–Crippen LogP) is 0.520. The van der Waals surface area contributed by atoms with Gasteiger partial charge in [-0.2, -0.15) is 0 Å². The third-order valence-corrected chi connectivity index (χ3v) is 3.37. The largest absolute Gasteiger partial charge is 0.408 e. The number of nitrogens with one attached hydrogen (secondary N) is 1. The van der Waals surface area contributed by atoms with Crippen molar-refractivity contribution in [3.63, 3.8) is 0 Å². The molecule has 1 aliphatic heterocycles. The molecule has 1 atom stereocenters. The number of carbonyl (C=O) groups excluding carboxylic acids is 1. The molecule has 7 heteroatoms. The Bertz CT molecular complexity index is 418. The molecule has 0 bridgehead atoms. The van der Waals surface area contributed by atoms with E-state index in [1.54, 1.807) is 6.92 Å². The topological polar surface area (TPSA) is 97.3 Å². The Morgan fingerprint density at radius 3 is 3.05 bits per heavy atom. The number of rotatable bonds is 5. The van der Waals surface area contributed by atoms with Gasteiger partial charge in [0, 0.05) is 13.0 Å². The van der Waals surface area contributed by atoms with Gasteiger partial charge >= 0.3 is 6.01 Å². The van der Waals surface area contributed by atoms with Gasteiger partial charge in [-0.25, -0.2) is 0 Å². The van der Waals surface area contributed by atoms with Crippen LogP contribution in [0.25, 0.3) is 0 Å². The highest BCUT2D eigenvalue weighted by Gasteiger charge is 2.24. The predicted molar refractivity (Wildman–Crippen MR) is 70.5 cm³/mol. The lowest BCUT2D eigenvalue weighted by atomic mass is 9.99. The Hall–Kier alpha value is -1.47. The van der Waals surface area contributed by atoms with Gasteiger partial charge in [0.2, 0.25) is 11.8 Å². The molecule has 3 N–H and O–H groups in total. The average molecular weight is 267 g/mol. The second kappa shape index (κ2) is 6.63. The number of aromatic nitrogens is 2. The molecule has 19 heavy (non-hydrogen) atoms. The van der Waals surface area contributed by atoms with Gasteiger partial charge in [0.15, 0.2) is 0 Å². The first-order chi connectivity index (χ1) is 9.19. The van der Waals surface area contributed by atoms with E-state index < -0.39 is 0 Å². The molecule has 1 aromatic heterocycles. The Balaban J connectivity index is 1.86. The molecule has 7 nitrogen and oxygen atoms in total. The van der Waals surface area contributed by atoms with Crippen molar-refractivity contribution in [2.24, 2.45) is 5.73 Å². The molecule has 2 rings (SSSR count). The minimum atomic E-state index is -0.118. The van der Waals surface area contributed by atoms with Gasteiger partial charge in [-0.15, -0.1) is 5.10 Å². The van der Waals surface area contributed by atoms with Crippen molar-refractivity contribution in [1.82, 2.24) is 15.1 Å². The highest BCUT2D eigenvalue weighted by Crippen LogP contribution is 2.19. The maximum Gasteiger partial charge on any atom is 0.322 e. The molecule has 1 aromatic rings.